The number of benzene rings is 1. The lowest BCUT2D eigenvalue weighted by molar-refractivity contribution is 0.277. The summed E-state index contributed by atoms with van der Waals surface area (Å²) in [7, 11) is 1.57. The molecule has 1 fully saturated rings. The molecule has 0 radical (unpaired) electrons. The summed E-state index contributed by atoms with van der Waals surface area (Å²) in [6.45, 7) is 0.800. The molecule has 0 saturated heterocycles. The number of methoxy groups -OCH3 is 1. The molecule has 1 aliphatic carbocycles. The van der Waals surface area contributed by atoms with E-state index in [4.69, 9.17) is 21.1 Å². The second kappa shape index (κ2) is 5.89. The Hall–Kier alpha value is -1.51. The molecule has 1 saturated carbocycles. The number of nitrogens with zero attached hydrogens (tertiary/aromatic N) is 1. The van der Waals surface area contributed by atoms with E-state index in [1.807, 2.05) is 0 Å². The van der Waals surface area contributed by atoms with Crippen molar-refractivity contribution in [2.45, 2.75) is 19.4 Å². The van der Waals surface area contributed by atoms with Crippen molar-refractivity contribution in [2.75, 3.05) is 13.7 Å². The van der Waals surface area contributed by atoms with Crippen LogP contribution in [0.2, 0.25) is 5.02 Å². The third kappa shape index (κ3) is 3.03. The van der Waals surface area contributed by atoms with Crippen LogP contribution in [-0.2, 0) is 11.3 Å². The van der Waals surface area contributed by atoms with Gasteiger partial charge < -0.3 is 9.47 Å². The van der Waals surface area contributed by atoms with Crippen molar-refractivity contribution in [2.24, 2.45) is 10.9 Å². The third-order valence-corrected chi connectivity index (χ3v) is 3.20. The number of carbonyl (C=O) groups excluding carboxylic acids is 1. The van der Waals surface area contributed by atoms with E-state index in [1.54, 1.807) is 19.2 Å². The zero-order chi connectivity index (χ0) is 13.0. The minimum atomic E-state index is 0.152. The Bertz CT molecular complexity index is 479. The Morgan fingerprint density at radius 3 is 2.89 bits per heavy atom. The monoisotopic (exact) mass is 267 g/mol. The quantitative estimate of drug-likeness (QED) is 0.588. The van der Waals surface area contributed by atoms with Gasteiger partial charge in [0.25, 0.3) is 0 Å². The van der Waals surface area contributed by atoms with Crippen LogP contribution >= 0.6 is 11.6 Å². The number of hydrogen-bond acceptors (Lipinski definition) is 4. The zero-order valence-corrected chi connectivity index (χ0v) is 10.9. The van der Waals surface area contributed by atoms with Gasteiger partial charge in [0.1, 0.15) is 0 Å². The number of halogens is 1. The molecule has 1 aromatic carbocycles. The molecule has 0 atom stereocenters. The van der Waals surface area contributed by atoms with Crippen LogP contribution < -0.4 is 9.47 Å². The molecule has 96 valence electrons. The summed E-state index contributed by atoms with van der Waals surface area (Å²) < 4.78 is 11.0. The molecule has 5 heteroatoms. The molecule has 0 aromatic heterocycles. The van der Waals surface area contributed by atoms with Crippen LogP contribution in [0, 0.1) is 5.92 Å². The van der Waals surface area contributed by atoms with Crippen molar-refractivity contribution in [3.05, 3.63) is 22.7 Å². The fourth-order valence-electron chi connectivity index (χ4n) is 1.65. The van der Waals surface area contributed by atoms with E-state index in [1.165, 1.54) is 18.9 Å². The maximum atomic E-state index is 10.2. The smallest absolute Gasteiger partial charge is 0.235 e. The highest BCUT2D eigenvalue weighted by Gasteiger charge is 2.24. The molecule has 0 amide bonds. The normalized spacial score (nSPS) is 13.9. The highest BCUT2D eigenvalue weighted by atomic mass is 35.5. The molecule has 0 unspecified atom stereocenters. The second-order valence-electron chi connectivity index (χ2n) is 4.22. The molecular formula is C13H14ClNO3. The van der Waals surface area contributed by atoms with Gasteiger partial charge in [0.2, 0.25) is 6.08 Å². The summed E-state index contributed by atoms with van der Waals surface area (Å²) in [5.74, 6) is 1.81. The number of ether oxygens (including phenoxy) is 2. The Morgan fingerprint density at radius 1 is 1.50 bits per heavy atom. The molecule has 0 bridgehead atoms. The Kier molecular flexibility index (Phi) is 4.24. The molecule has 0 spiro atoms. The number of rotatable bonds is 6. The van der Waals surface area contributed by atoms with Gasteiger partial charge >= 0.3 is 0 Å². The molecule has 2 rings (SSSR count). The van der Waals surface area contributed by atoms with Gasteiger partial charge in [-0.05, 0) is 30.9 Å². The lowest BCUT2D eigenvalue weighted by Gasteiger charge is -2.15. The predicted octanol–water partition coefficient (Wildman–Crippen LogP) is 2.97. The van der Waals surface area contributed by atoms with E-state index < -0.39 is 0 Å². The molecule has 0 N–H and O–H groups in total. The van der Waals surface area contributed by atoms with Gasteiger partial charge in [-0.3, -0.25) is 0 Å². The van der Waals surface area contributed by atoms with Crippen LogP contribution in [-0.4, -0.2) is 19.8 Å². The Balaban J connectivity index is 2.28. The van der Waals surface area contributed by atoms with Crippen LogP contribution in [0.4, 0.5) is 0 Å². The van der Waals surface area contributed by atoms with Crippen molar-refractivity contribution >= 4 is 17.7 Å². The lowest BCUT2D eigenvalue weighted by atomic mass is 10.2. The molecular weight excluding hydrogens is 254 g/mol. The van der Waals surface area contributed by atoms with Gasteiger partial charge in [-0.2, -0.15) is 0 Å². The Morgan fingerprint density at radius 2 is 2.28 bits per heavy atom. The first kappa shape index (κ1) is 12.9. The summed E-state index contributed by atoms with van der Waals surface area (Å²) in [5.41, 5.74) is 0.667. The average Bonchev–Trinajstić information content (AvgIpc) is 3.19. The van der Waals surface area contributed by atoms with Crippen LogP contribution in [0.3, 0.4) is 0 Å². The molecule has 0 aliphatic heterocycles. The summed E-state index contributed by atoms with van der Waals surface area (Å²) in [5, 5.41) is 0.514. The standard InChI is InChI=1S/C13H14ClNO3/c1-17-12-5-4-11(14)10(6-15-8-16)13(12)18-7-9-2-3-9/h4-5,9H,2-3,6-7H2,1H3. The van der Waals surface area contributed by atoms with Gasteiger partial charge in [-0.15, -0.1) is 0 Å². The fraction of sp³-hybridized carbons (Fsp3) is 0.462. The topological polar surface area (TPSA) is 47.9 Å². The van der Waals surface area contributed by atoms with Crippen LogP contribution in [0.15, 0.2) is 17.1 Å². The summed E-state index contributed by atoms with van der Waals surface area (Å²) >= 11 is 6.10. The van der Waals surface area contributed by atoms with Crippen molar-refractivity contribution in [3.8, 4) is 11.5 Å². The fourth-order valence-corrected chi connectivity index (χ4v) is 1.85. The summed E-state index contributed by atoms with van der Waals surface area (Å²) in [4.78, 5) is 13.8. The first-order valence-electron chi connectivity index (χ1n) is 5.78. The first-order chi connectivity index (χ1) is 8.76. The molecule has 4 nitrogen and oxygen atoms in total. The van der Waals surface area contributed by atoms with Gasteiger partial charge in [0.05, 0.1) is 20.3 Å². The largest absolute Gasteiger partial charge is 0.493 e. The number of isocyanates is 1. The zero-order valence-electron chi connectivity index (χ0n) is 10.1. The average molecular weight is 268 g/mol. The highest BCUT2D eigenvalue weighted by molar-refractivity contribution is 6.31. The van der Waals surface area contributed by atoms with E-state index in [0.717, 1.165) is 0 Å². The van der Waals surface area contributed by atoms with Crippen molar-refractivity contribution < 1.29 is 14.3 Å². The maximum Gasteiger partial charge on any atom is 0.235 e. The predicted molar refractivity (Wildman–Crippen MR) is 68.0 cm³/mol. The van der Waals surface area contributed by atoms with Gasteiger partial charge in [0, 0.05) is 10.6 Å². The van der Waals surface area contributed by atoms with Crippen molar-refractivity contribution in [3.63, 3.8) is 0 Å². The van der Waals surface area contributed by atoms with Crippen molar-refractivity contribution in [1.82, 2.24) is 0 Å². The SMILES string of the molecule is COc1ccc(Cl)c(CN=C=O)c1OCC1CC1. The van der Waals surface area contributed by atoms with E-state index in [2.05, 4.69) is 4.99 Å². The number of hydrogen-bond donors (Lipinski definition) is 0. The summed E-state index contributed by atoms with van der Waals surface area (Å²) in [6, 6.07) is 3.46. The third-order valence-electron chi connectivity index (χ3n) is 2.85. The van der Waals surface area contributed by atoms with E-state index >= 15 is 0 Å². The number of aliphatic imine (C=N–C) groups is 1. The lowest BCUT2D eigenvalue weighted by Crippen LogP contribution is -2.04. The first-order valence-corrected chi connectivity index (χ1v) is 6.16. The van der Waals surface area contributed by atoms with Crippen LogP contribution in [0.5, 0.6) is 11.5 Å². The minimum absolute atomic E-state index is 0.152. The molecule has 1 aliphatic rings. The van der Waals surface area contributed by atoms with Crippen LogP contribution in [0.1, 0.15) is 18.4 Å². The highest BCUT2D eigenvalue weighted by Crippen LogP contribution is 2.38. The van der Waals surface area contributed by atoms with Gasteiger partial charge in [-0.1, -0.05) is 11.6 Å². The van der Waals surface area contributed by atoms with E-state index in [-0.39, 0.29) is 6.54 Å². The van der Waals surface area contributed by atoms with E-state index in [0.29, 0.717) is 34.6 Å². The minimum Gasteiger partial charge on any atom is -0.493 e. The van der Waals surface area contributed by atoms with Gasteiger partial charge in [-0.25, -0.2) is 9.79 Å². The second-order valence-corrected chi connectivity index (χ2v) is 4.63. The molecule has 0 heterocycles. The van der Waals surface area contributed by atoms with E-state index in [9.17, 15) is 4.79 Å². The Labute approximate surface area is 111 Å². The summed E-state index contributed by atoms with van der Waals surface area (Å²) in [6.07, 6.45) is 3.90. The van der Waals surface area contributed by atoms with Crippen molar-refractivity contribution in [1.29, 1.82) is 0 Å². The molecule has 18 heavy (non-hydrogen) atoms. The van der Waals surface area contributed by atoms with Crippen LogP contribution in [0.25, 0.3) is 0 Å². The molecule has 1 aromatic rings. The van der Waals surface area contributed by atoms with Gasteiger partial charge in [0.15, 0.2) is 11.5 Å². The maximum absolute atomic E-state index is 10.2.